The van der Waals surface area contributed by atoms with Crippen molar-refractivity contribution >= 4 is 0 Å². The van der Waals surface area contributed by atoms with Crippen molar-refractivity contribution in [2.75, 3.05) is 13.2 Å². The first-order valence-electron chi connectivity index (χ1n) is 3.16. The standard InChI is InChI=1S/C7H10O3/c1-2-7(5-8)6(9)3-4-10-7/h1,6,8-9H,3-5H2. The zero-order valence-corrected chi connectivity index (χ0v) is 5.58. The second-order valence-electron chi connectivity index (χ2n) is 2.34. The second kappa shape index (κ2) is 2.59. The van der Waals surface area contributed by atoms with Crippen LogP contribution in [-0.2, 0) is 4.74 Å². The molecule has 1 fully saturated rings. The molecule has 1 heterocycles. The Morgan fingerprint density at radius 2 is 2.50 bits per heavy atom. The highest BCUT2D eigenvalue weighted by Gasteiger charge is 2.41. The van der Waals surface area contributed by atoms with Gasteiger partial charge < -0.3 is 14.9 Å². The summed E-state index contributed by atoms with van der Waals surface area (Å²) in [4.78, 5) is 0. The summed E-state index contributed by atoms with van der Waals surface area (Å²) in [6, 6.07) is 0. The molecule has 56 valence electrons. The third-order valence-corrected chi connectivity index (χ3v) is 1.77. The van der Waals surface area contributed by atoms with Gasteiger partial charge in [0.1, 0.15) is 0 Å². The summed E-state index contributed by atoms with van der Waals surface area (Å²) in [6.07, 6.45) is 4.86. The highest BCUT2D eigenvalue weighted by atomic mass is 16.5. The van der Waals surface area contributed by atoms with Gasteiger partial charge in [0, 0.05) is 6.42 Å². The van der Waals surface area contributed by atoms with Crippen LogP contribution in [0, 0.1) is 12.3 Å². The summed E-state index contributed by atoms with van der Waals surface area (Å²) in [5.74, 6) is 2.25. The lowest BCUT2D eigenvalue weighted by Crippen LogP contribution is -2.41. The van der Waals surface area contributed by atoms with E-state index in [1.807, 2.05) is 0 Å². The van der Waals surface area contributed by atoms with Crippen molar-refractivity contribution in [1.29, 1.82) is 0 Å². The molecule has 0 saturated carbocycles. The van der Waals surface area contributed by atoms with Gasteiger partial charge in [0.25, 0.3) is 0 Å². The highest BCUT2D eigenvalue weighted by molar-refractivity contribution is 5.14. The number of ether oxygens (including phenoxy) is 1. The summed E-state index contributed by atoms with van der Waals surface area (Å²) >= 11 is 0. The fraction of sp³-hybridized carbons (Fsp3) is 0.714. The van der Waals surface area contributed by atoms with Crippen molar-refractivity contribution in [3.8, 4) is 12.3 Å². The monoisotopic (exact) mass is 142 g/mol. The molecule has 0 spiro atoms. The lowest BCUT2D eigenvalue weighted by molar-refractivity contribution is -0.0478. The van der Waals surface area contributed by atoms with E-state index < -0.39 is 11.7 Å². The van der Waals surface area contributed by atoms with Crippen molar-refractivity contribution in [1.82, 2.24) is 0 Å². The average Bonchev–Trinajstić information content (AvgIpc) is 2.32. The number of aliphatic hydroxyl groups is 2. The fourth-order valence-electron chi connectivity index (χ4n) is 1.02. The van der Waals surface area contributed by atoms with E-state index in [2.05, 4.69) is 5.92 Å². The van der Waals surface area contributed by atoms with Gasteiger partial charge in [-0.3, -0.25) is 0 Å². The van der Waals surface area contributed by atoms with Gasteiger partial charge in [0.15, 0.2) is 5.60 Å². The number of aliphatic hydroxyl groups excluding tert-OH is 2. The first kappa shape index (κ1) is 7.55. The van der Waals surface area contributed by atoms with Gasteiger partial charge in [-0.2, -0.15) is 0 Å². The van der Waals surface area contributed by atoms with Crippen molar-refractivity contribution in [2.24, 2.45) is 0 Å². The Kier molecular flexibility index (Phi) is 1.95. The Balaban J connectivity index is 2.74. The molecule has 1 aliphatic rings. The van der Waals surface area contributed by atoms with E-state index in [0.29, 0.717) is 13.0 Å². The number of hydrogen-bond donors (Lipinski definition) is 2. The van der Waals surface area contributed by atoms with E-state index in [0.717, 1.165) is 0 Å². The molecular formula is C7H10O3. The van der Waals surface area contributed by atoms with Gasteiger partial charge in [0.2, 0.25) is 0 Å². The molecule has 1 saturated heterocycles. The molecule has 0 radical (unpaired) electrons. The third kappa shape index (κ3) is 0.907. The van der Waals surface area contributed by atoms with Crippen molar-refractivity contribution in [3.05, 3.63) is 0 Å². The van der Waals surface area contributed by atoms with Gasteiger partial charge in [-0.05, 0) is 0 Å². The first-order valence-corrected chi connectivity index (χ1v) is 3.16. The van der Waals surface area contributed by atoms with E-state index in [9.17, 15) is 5.11 Å². The molecule has 3 nitrogen and oxygen atoms in total. The van der Waals surface area contributed by atoms with Crippen LogP contribution in [0.1, 0.15) is 6.42 Å². The Morgan fingerprint density at radius 3 is 2.70 bits per heavy atom. The Labute approximate surface area is 59.6 Å². The molecular weight excluding hydrogens is 132 g/mol. The molecule has 0 aliphatic carbocycles. The molecule has 10 heavy (non-hydrogen) atoms. The molecule has 1 aliphatic heterocycles. The maximum atomic E-state index is 9.21. The van der Waals surface area contributed by atoms with Crippen LogP contribution in [-0.4, -0.2) is 35.1 Å². The van der Waals surface area contributed by atoms with Crippen molar-refractivity contribution in [2.45, 2.75) is 18.1 Å². The molecule has 0 amide bonds. The molecule has 2 atom stereocenters. The largest absolute Gasteiger partial charge is 0.392 e. The van der Waals surface area contributed by atoms with E-state index in [4.69, 9.17) is 16.3 Å². The van der Waals surface area contributed by atoms with Crippen molar-refractivity contribution < 1.29 is 14.9 Å². The van der Waals surface area contributed by atoms with Crippen molar-refractivity contribution in [3.63, 3.8) is 0 Å². The quantitative estimate of drug-likeness (QED) is 0.468. The predicted octanol–water partition coefficient (Wildman–Crippen LogP) is -0.868. The van der Waals surface area contributed by atoms with Gasteiger partial charge in [-0.25, -0.2) is 0 Å². The minimum Gasteiger partial charge on any atom is -0.392 e. The minimum atomic E-state index is -1.12. The molecule has 0 bridgehead atoms. The van der Waals surface area contributed by atoms with Crippen LogP contribution in [0.2, 0.25) is 0 Å². The molecule has 2 unspecified atom stereocenters. The molecule has 2 N–H and O–H groups in total. The highest BCUT2D eigenvalue weighted by Crippen LogP contribution is 2.24. The van der Waals surface area contributed by atoms with Gasteiger partial charge in [0.05, 0.1) is 19.3 Å². The molecule has 0 aromatic heterocycles. The second-order valence-corrected chi connectivity index (χ2v) is 2.34. The van der Waals surface area contributed by atoms with Crippen LogP contribution >= 0.6 is 0 Å². The van der Waals surface area contributed by atoms with Crippen LogP contribution in [0.15, 0.2) is 0 Å². The molecule has 0 aromatic rings. The summed E-state index contributed by atoms with van der Waals surface area (Å²) < 4.78 is 5.02. The lowest BCUT2D eigenvalue weighted by atomic mass is 9.99. The van der Waals surface area contributed by atoms with E-state index >= 15 is 0 Å². The van der Waals surface area contributed by atoms with Crippen LogP contribution < -0.4 is 0 Å². The van der Waals surface area contributed by atoms with E-state index in [1.54, 1.807) is 0 Å². The molecule has 0 aromatic carbocycles. The van der Waals surface area contributed by atoms with Gasteiger partial charge in [-0.15, -0.1) is 6.42 Å². The lowest BCUT2D eigenvalue weighted by Gasteiger charge is -2.22. The van der Waals surface area contributed by atoms with Crippen LogP contribution in [0.25, 0.3) is 0 Å². The number of terminal acetylenes is 1. The van der Waals surface area contributed by atoms with Gasteiger partial charge >= 0.3 is 0 Å². The predicted molar refractivity (Wildman–Crippen MR) is 35.2 cm³/mol. The third-order valence-electron chi connectivity index (χ3n) is 1.77. The first-order chi connectivity index (χ1) is 4.75. The normalized spacial score (nSPS) is 39.5. The number of hydrogen-bond acceptors (Lipinski definition) is 3. The zero-order valence-electron chi connectivity index (χ0n) is 5.58. The van der Waals surface area contributed by atoms with E-state index in [1.165, 1.54) is 0 Å². The minimum absolute atomic E-state index is 0.315. The Hall–Kier alpha value is -0.560. The summed E-state index contributed by atoms with van der Waals surface area (Å²) in [5.41, 5.74) is -1.12. The Morgan fingerprint density at radius 1 is 1.80 bits per heavy atom. The topological polar surface area (TPSA) is 49.7 Å². The van der Waals surface area contributed by atoms with Crippen LogP contribution in [0.5, 0.6) is 0 Å². The van der Waals surface area contributed by atoms with E-state index in [-0.39, 0.29) is 6.61 Å². The summed E-state index contributed by atoms with van der Waals surface area (Å²) in [6.45, 7) is 0.108. The molecule has 3 heteroatoms. The Bertz CT molecular complexity index is 161. The smallest absolute Gasteiger partial charge is 0.176 e. The summed E-state index contributed by atoms with van der Waals surface area (Å²) in [7, 11) is 0. The SMILES string of the molecule is C#CC1(CO)OCCC1O. The van der Waals surface area contributed by atoms with Crippen LogP contribution in [0.4, 0.5) is 0 Å². The molecule has 1 rings (SSSR count). The maximum Gasteiger partial charge on any atom is 0.176 e. The fourth-order valence-corrected chi connectivity index (χ4v) is 1.02. The maximum absolute atomic E-state index is 9.21. The van der Waals surface area contributed by atoms with Crippen LogP contribution in [0.3, 0.4) is 0 Å². The summed E-state index contributed by atoms with van der Waals surface area (Å²) in [5, 5.41) is 18.0. The number of rotatable bonds is 1. The average molecular weight is 142 g/mol. The van der Waals surface area contributed by atoms with Gasteiger partial charge in [-0.1, -0.05) is 5.92 Å². The zero-order chi connectivity index (χ0) is 7.61.